The molecule has 0 spiro atoms. The highest BCUT2D eigenvalue weighted by atomic mass is 35.5. The Morgan fingerprint density at radius 2 is 1.33 bits per heavy atom. The maximum absolute atomic E-state index is 11.3. The largest absolute Gasteiger partial charge is 0.463 e. The standard InChI is InChI=1S/C14H19ClO9/c1-6(16)20-5-10-11(15)12(21-7(2)17)13(22-8(3)18)14(24-10)23-9(4)19/h10-14H,5H2,1-4H3/t10-,11+,12+,13-,14?/m1/s1. The number of alkyl halides is 1. The molecule has 0 radical (unpaired) electrons. The summed E-state index contributed by atoms with van der Waals surface area (Å²) in [7, 11) is 0. The second-order valence-corrected chi connectivity index (χ2v) is 5.55. The Hall–Kier alpha value is -1.87. The van der Waals surface area contributed by atoms with Crippen molar-refractivity contribution in [3.8, 4) is 0 Å². The molecule has 1 aliphatic heterocycles. The van der Waals surface area contributed by atoms with E-state index in [1.165, 1.54) is 6.92 Å². The minimum absolute atomic E-state index is 0.258. The van der Waals surface area contributed by atoms with Crippen molar-refractivity contribution < 1.29 is 42.9 Å². The van der Waals surface area contributed by atoms with Crippen LogP contribution in [0.4, 0.5) is 0 Å². The lowest BCUT2D eigenvalue weighted by atomic mass is 10.0. The molecule has 1 fully saturated rings. The molecule has 10 heteroatoms. The fraction of sp³-hybridized carbons (Fsp3) is 0.714. The van der Waals surface area contributed by atoms with Gasteiger partial charge in [-0.2, -0.15) is 0 Å². The van der Waals surface area contributed by atoms with E-state index in [1.807, 2.05) is 0 Å². The fourth-order valence-electron chi connectivity index (χ4n) is 2.10. The Morgan fingerprint density at radius 3 is 1.79 bits per heavy atom. The monoisotopic (exact) mass is 366 g/mol. The summed E-state index contributed by atoms with van der Waals surface area (Å²) >= 11 is 6.23. The van der Waals surface area contributed by atoms with Crippen LogP contribution in [0.3, 0.4) is 0 Å². The lowest BCUT2D eigenvalue weighted by molar-refractivity contribution is -0.269. The molecule has 1 rings (SSSR count). The van der Waals surface area contributed by atoms with Gasteiger partial charge in [0.25, 0.3) is 0 Å². The van der Waals surface area contributed by atoms with Gasteiger partial charge in [-0.3, -0.25) is 19.2 Å². The van der Waals surface area contributed by atoms with E-state index in [-0.39, 0.29) is 6.61 Å². The van der Waals surface area contributed by atoms with E-state index in [0.29, 0.717) is 0 Å². The van der Waals surface area contributed by atoms with E-state index >= 15 is 0 Å². The fourth-order valence-corrected chi connectivity index (χ4v) is 2.43. The molecule has 1 saturated heterocycles. The van der Waals surface area contributed by atoms with Gasteiger partial charge in [0, 0.05) is 27.7 Å². The van der Waals surface area contributed by atoms with Crippen LogP contribution >= 0.6 is 11.6 Å². The first kappa shape index (κ1) is 20.2. The highest BCUT2D eigenvalue weighted by molar-refractivity contribution is 6.21. The Kier molecular flexibility index (Phi) is 7.43. The summed E-state index contributed by atoms with van der Waals surface area (Å²) in [6.45, 7) is 4.34. The molecule has 1 aliphatic rings. The van der Waals surface area contributed by atoms with Crippen LogP contribution < -0.4 is 0 Å². The zero-order chi connectivity index (χ0) is 18.4. The van der Waals surface area contributed by atoms with Crippen LogP contribution in [-0.4, -0.2) is 60.5 Å². The molecule has 0 N–H and O–H groups in total. The molecule has 0 saturated carbocycles. The molecule has 5 atom stereocenters. The van der Waals surface area contributed by atoms with Gasteiger partial charge in [0.15, 0.2) is 6.10 Å². The lowest BCUT2D eigenvalue weighted by Crippen LogP contribution is -2.60. The number of hydrogen-bond donors (Lipinski definition) is 0. The Labute approximate surface area is 143 Å². The van der Waals surface area contributed by atoms with E-state index in [4.69, 9.17) is 35.3 Å². The van der Waals surface area contributed by atoms with Gasteiger partial charge >= 0.3 is 23.9 Å². The van der Waals surface area contributed by atoms with E-state index in [0.717, 1.165) is 20.8 Å². The summed E-state index contributed by atoms with van der Waals surface area (Å²) in [4.78, 5) is 44.9. The molecular weight excluding hydrogens is 348 g/mol. The molecule has 0 aromatic rings. The predicted molar refractivity (Wildman–Crippen MR) is 77.8 cm³/mol. The third-order valence-electron chi connectivity index (χ3n) is 2.91. The third-order valence-corrected chi connectivity index (χ3v) is 3.44. The number of carbonyl (C=O) groups excluding carboxylic acids is 4. The lowest BCUT2D eigenvalue weighted by Gasteiger charge is -2.42. The van der Waals surface area contributed by atoms with Crippen LogP contribution in [0.15, 0.2) is 0 Å². The van der Waals surface area contributed by atoms with Gasteiger partial charge in [-0.1, -0.05) is 0 Å². The zero-order valence-electron chi connectivity index (χ0n) is 13.6. The Balaban J connectivity index is 3.07. The summed E-state index contributed by atoms with van der Waals surface area (Å²) in [6, 6.07) is 0. The van der Waals surface area contributed by atoms with E-state index in [1.54, 1.807) is 0 Å². The average Bonchev–Trinajstić information content (AvgIpc) is 2.42. The van der Waals surface area contributed by atoms with Crippen molar-refractivity contribution in [2.24, 2.45) is 0 Å². The van der Waals surface area contributed by atoms with Crippen LogP contribution in [0.2, 0.25) is 0 Å². The highest BCUT2D eigenvalue weighted by Crippen LogP contribution is 2.30. The van der Waals surface area contributed by atoms with Gasteiger partial charge in [-0.05, 0) is 0 Å². The summed E-state index contributed by atoms with van der Waals surface area (Å²) in [5, 5.41) is -1.01. The minimum Gasteiger partial charge on any atom is -0.463 e. The zero-order valence-corrected chi connectivity index (χ0v) is 14.4. The number of hydrogen-bond acceptors (Lipinski definition) is 9. The molecule has 1 heterocycles. The van der Waals surface area contributed by atoms with Gasteiger partial charge in [-0.15, -0.1) is 11.6 Å². The summed E-state index contributed by atoms with van der Waals surface area (Å²) in [6.07, 6.45) is -4.74. The normalized spacial score (nSPS) is 29.3. The van der Waals surface area contributed by atoms with E-state index in [2.05, 4.69) is 0 Å². The molecule has 0 aliphatic carbocycles. The summed E-state index contributed by atoms with van der Waals surface area (Å²) in [5.41, 5.74) is 0. The molecule has 9 nitrogen and oxygen atoms in total. The number of esters is 4. The van der Waals surface area contributed by atoms with Crippen LogP contribution in [-0.2, 0) is 42.9 Å². The quantitative estimate of drug-likeness (QED) is 0.385. The SMILES string of the molecule is CC(=O)OC[C@H]1OC(OC(C)=O)[C@H](OC(C)=O)[C@@H](OC(C)=O)[C@H]1Cl. The molecular formula is C14H19ClO9. The van der Waals surface area contributed by atoms with Crippen LogP contribution in [0, 0.1) is 0 Å². The minimum atomic E-state index is -1.37. The molecule has 136 valence electrons. The molecule has 24 heavy (non-hydrogen) atoms. The average molecular weight is 367 g/mol. The highest BCUT2D eigenvalue weighted by Gasteiger charge is 2.51. The van der Waals surface area contributed by atoms with Crippen LogP contribution in [0.25, 0.3) is 0 Å². The topological polar surface area (TPSA) is 114 Å². The first-order chi connectivity index (χ1) is 11.1. The first-order valence-corrected chi connectivity index (χ1v) is 7.50. The molecule has 0 bridgehead atoms. The second-order valence-electron chi connectivity index (χ2n) is 5.05. The third kappa shape index (κ3) is 5.97. The number of rotatable bonds is 5. The maximum atomic E-state index is 11.3. The Morgan fingerprint density at radius 1 is 0.833 bits per heavy atom. The van der Waals surface area contributed by atoms with E-state index < -0.39 is 53.9 Å². The van der Waals surface area contributed by atoms with Crippen molar-refractivity contribution in [2.45, 2.75) is 57.7 Å². The van der Waals surface area contributed by atoms with Gasteiger partial charge in [-0.25, -0.2) is 0 Å². The Bertz CT molecular complexity index is 506. The smallest absolute Gasteiger partial charge is 0.305 e. The van der Waals surface area contributed by atoms with Crippen molar-refractivity contribution in [3.05, 3.63) is 0 Å². The van der Waals surface area contributed by atoms with Crippen LogP contribution in [0.5, 0.6) is 0 Å². The van der Waals surface area contributed by atoms with Crippen molar-refractivity contribution in [1.29, 1.82) is 0 Å². The van der Waals surface area contributed by atoms with Gasteiger partial charge in [0.1, 0.15) is 18.1 Å². The van der Waals surface area contributed by atoms with Gasteiger partial charge < -0.3 is 23.7 Å². The molecule has 1 unspecified atom stereocenters. The van der Waals surface area contributed by atoms with Gasteiger partial charge in [0.05, 0.1) is 0 Å². The van der Waals surface area contributed by atoms with Crippen LogP contribution in [0.1, 0.15) is 27.7 Å². The maximum Gasteiger partial charge on any atom is 0.305 e. The van der Waals surface area contributed by atoms with Crippen molar-refractivity contribution >= 4 is 35.5 Å². The number of halogens is 1. The second kappa shape index (κ2) is 8.84. The summed E-state index contributed by atoms with van der Waals surface area (Å²) < 4.78 is 25.4. The molecule has 0 aromatic carbocycles. The number of ether oxygens (including phenoxy) is 5. The van der Waals surface area contributed by atoms with Crippen molar-refractivity contribution in [3.63, 3.8) is 0 Å². The molecule has 0 amide bonds. The summed E-state index contributed by atoms with van der Waals surface area (Å²) in [5.74, 6) is -2.67. The van der Waals surface area contributed by atoms with Crippen molar-refractivity contribution in [2.75, 3.05) is 6.61 Å². The van der Waals surface area contributed by atoms with E-state index in [9.17, 15) is 19.2 Å². The van der Waals surface area contributed by atoms with Gasteiger partial charge in [0.2, 0.25) is 12.4 Å². The number of carbonyl (C=O) groups is 4. The first-order valence-electron chi connectivity index (χ1n) is 7.06. The predicted octanol–water partition coefficient (Wildman–Crippen LogP) is 0.308. The molecule has 0 aromatic heterocycles. The van der Waals surface area contributed by atoms with Crippen molar-refractivity contribution in [1.82, 2.24) is 0 Å².